The lowest BCUT2D eigenvalue weighted by molar-refractivity contribution is -0.111. The first-order valence-electron chi connectivity index (χ1n) is 11.2. The third kappa shape index (κ3) is 4.87. The van der Waals surface area contributed by atoms with Gasteiger partial charge in [-0.05, 0) is 48.9 Å². The van der Waals surface area contributed by atoms with Crippen molar-refractivity contribution in [3.05, 3.63) is 79.6 Å². The Kier molecular flexibility index (Phi) is 6.13. The van der Waals surface area contributed by atoms with Crippen LogP contribution in [-0.4, -0.2) is 40.0 Å². The van der Waals surface area contributed by atoms with E-state index in [0.29, 0.717) is 17.7 Å². The Bertz CT molecular complexity index is 1330. The monoisotopic (exact) mass is 451 g/mol. The smallest absolute Gasteiger partial charge is 0.247 e. The molecule has 2 aromatic carbocycles. The van der Waals surface area contributed by atoms with Crippen molar-refractivity contribution in [2.45, 2.75) is 12.5 Å². The average molecular weight is 452 g/mol. The first-order chi connectivity index (χ1) is 16.7. The number of hydrogen-bond donors (Lipinski definition) is 4. The normalized spacial score (nSPS) is 15.1. The number of carbonyl (C=O) groups is 1. The Hall–Kier alpha value is -4.30. The molecule has 4 aromatic rings. The van der Waals surface area contributed by atoms with Crippen molar-refractivity contribution in [2.75, 3.05) is 29.0 Å². The number of nitrogens with zero attached hydrogens (tertiary/aromatic N) is 3. The molecular weight excluding hydrogens is 426 g/mol. The molecule has 8 heteroatoms. The molecule has 1 aliphatic heterocycles. The zero-order valence-electron chi connectivity index (χ0n) is 18.6. The van der Waals surface area contributed by atoms with Gasteiger partial charge in [-0.3, -0.25) is 4.79 Å². The van der Waals surface area contributed by atoms with Crippen LogP contribution in [0.15, 0.2) is 79.6 Å². The zero-order chi connectivity index (χ0) is 23.3. The number of benzene rings is 2. The SMILES string of the molecule is C=CC(=O)Nc1cccc(-c2cccc3cnc(Nc4ccc(NC5CCNC5)nc4)nc23)c1. The number of rotatable bonds is 7. The Morgan fingerprint density at radius 2 is 1.97 bits per heavy atom. The summed E-state index contributed by atoms with van der Waals surface area (Å²) in [7, 11) is 0. The largest absolute Gasteiger partial charge is 0.366 e. The van der Waals surface area contributed by atoms with E-state index in [2.05, 4.69) is 37.8 Å². The molecule has 5 rings (SSSR count). The average Bonchev–Trinajstić information content (AvgIpc) is 3.38. The molecule has 1 fully saturated rings. The van der Waals surface area contributed by atoms with Crippen molar-refractivity contribution in [2.24, 2.45) is 0 Å². The Morgan fingerprint density at radius 1 is 1.06 bits per heavy atom. The summed E-state index contributed by atoms with van der Waals surface area (Å²) in [5.41, 5.74) is 4.20. The van der Waals surface area contributed by atoms with Crippen molar-refractivity contribution >= 4 is 40.0 Å². The molecule has 34 heavy (non-hydrogen) atoms. The maximum Gasteiger partial charge on any atom is 0.247 e. The number of para-hydroxylation sites is 1. The number of aromatic nitrogens is 3. The fraction of sp³-hybridized carbons (Fsp3) is 0.154. The van der Waals surface area contributed by atoms with Crippen molar-refractivity contribution in [1.29, 1.82) is 0 Å². The summed E-state index contributed by atoms with van der Waals surface area (Å²) in [6.07, 6.45) is 5.92. The molecule has 2 aromatic heterocycles. The maximum atomic E-state index is 11.7. The summed E-state index contributed by atoms with van der Waals surface area (Å²) in [4.78, 5) is 25.5. The highest BCUT2D eigenvalue weighted by atomic mass is 16.1. The number of pyridine rings is 1. The van der Waals surface area contributed by atoms with Gasteiger partial charge in [0, 0.05) is 35.4 Å². The van der Waals surface area contributed by atoms with Crippen LogP contribution < -0.4 is 21.3 Å². The molecule has 8 nitrogen and oxygen atoms in total. The van der Waals surface area contributed by atoms with E-state index in [1.807, 2.05) is 54.6 Å². The highest BCUT2D eigenvalue weighted by molar-refractivity contribution is 6.00. The van der Waals surface area contributed by atoms with E-state index in [-0.39, 0.29) is 5.91 Å². The molecule has 0 radical (unpaired) electrons. The number of carbonyl (C=O) groups excluding carboxylic acids is 1. The minimum absolute atomic E-state index is 0.251. The van der Waals surface area contributed by atoms with Crippen molar-refractivity contribution < 1.29 is 4.79 Å². The first kappa shape index (κ1) is 21.5. The van der Waals surface area contributed by atoms with Gasteiger partial charge in [0.05, 0.1) is 17.4 Å². The Labute approximate surface area is 197 Å². The van der Waals surface area contributed by atoms with Crippen molar-refractivity contribution in [1.82, 2.24) is 20.3 Å². The summed E-state index contributed by atoms with van der Waals surface area (Å²) < 4.78 is 0. The van der Waals surface area contributed by atoms with E-state index in [4.69, 9.17) is 4.98 Å². The number of hydrogen-bond acceptors (Lipinski definition) is 7. The van der Waals surface area contributed by atoms with Crippen LogP contribution in [0, 0.1) is 0 Å². The Morgan fingerprint density at radius 3 is 2.76 bits per heavy atom. The van der Waals surface area contributed by atoms with Gasteiger partial charge in [0.25, 0.3) is 0 Å². The molecular formula is C26H25N7O. The maximum absolute atomic E-state index is 11.7. The van der Waals surface area contributed by atoms with E-state index in [0.717, 1.165) is 53.0 Å². The highest BCUT2D eigenvalue weighted by Crippen LogP contribution is 2.30. The third-order valence-electron chi connectivity index (χ3n) is 5.67. The predicted octanol–water partition coefficient (Wildman–Crippen LogP) is 4.33. The van der Waals surface area contributed by atoms with Crippen LogP contribution in [0.5, 0.6) is 0 Å². The molecule has 1 atom stereocenters. The molecule has 1 aliphatic rings. The Balaban J connectivity index is 1.39. The van der Waals surface area contributed by atoms with Crippen LogP contribution in [0.2, 0.25) is 0 Å². The van der Waals surface area contributed by atoms with Crippen LogP contribution in [0.3, 0.4) is 0 Å². The van der Waals surface area contributed by atoms with Gasteiger partial charge >= 0.3 is 0 Å². The standard InChI is InChI=1S/C26H25N7O/c1-2-24(34)31-19-7-3-5-17(13-19)22-8-4-6-18-14-29-26(33-25(18)22)32-20-9-10-23(28-16-20)30-21-11-12-27-15-21/h2-10,13-14,16,21,27H,1,11-12,15H2,(H,28,30)(H,31,34)(H,29,32,33). The number of nitrogens with one attached hydrogen (secondary N) is 4. The topological polar surface area (TPSA) is 104 Å². The van der Waals surface area contributed by atoms with Crippen molar-refractivity contribution in [3.8, 4) is 11.1 Å². The first-order valence-corrected chi connectivity index (χ1v) is 11.2. The van der Waals surface area contributed by atoms with E-state index >= 15 is 0 Å². The third-order valence-corrected chi connectivity index (χ3v) is 5.67. The van der Waals surface area contributed by atoms with Crippen LogP contribution in [-0.2, 0) is 4.79 Å². The second-order valence-electron chi connectivity index (χ2n) is 8.10. The molecule has 4 N–H and O–H groups in total. The quantitative estimate of drug-likeness (QED) is 0.310. The van der Waals surface area contributed by atoms with Gasteiger partial charge in [0.1, 0.15) is 5.82 Å². The van der Waals surface area contributed by atoms with E-state index in [9.17, 15) is 4.79 Å². The summed E-state index contributed by atoms with van der Waals surface area (Å²) in [6.45, 7) is 5.49. The van der Waals surface area contributed by atoms with Gasteiger partial charge in [-0.2, -0.15) is 0 Å². The summed E-state index contributed by atoms with van der Waals surface area (Å²) in [5.74, 6) is 1.08. The molecule has 170 valence electrons. The second-order valence-corrected chi connectivity index (χ2v) is 8.10. The van der Waals surface area contributed by atoms with Crippen LogP contribution >= 0.6 is 0 Å². The van der Waals surface area contributed by atoms with Gasteiger partial charge in [-0.25, -0.2) is 15.0 Å². The number of fused-ring (bicyclic) bond motifs is 1. The summed E-state index contributed by atoms with van der Waals surface area (Å²) >= 11 is 0. The van der Waals surface area contributed by atoms with Crippen LogP contribution in [0.25, 0.3) is 22.0 Å². The predicted molar refractivity (Wildman–Crippen MR) is 136 cm³/mol. The lowest BCUT2D eigenvalue weighted by Gasteiger charge is -2.13. The molecule has 0 spiro atoms. The van der Waals surface area contributed by atoms with Crippen molar-refractivity contribution in [3.63, 3.8) is 0 Å². The summed E-state index contributed by atoms with van der Waals surface area (Å²) in [6, 6.07) is 17.9. The molecule has 0 bridgehead atoms. The minimum atomic E-state index is -0.251. The van der Waals surface area contributed by atoms with Crippen LogP contribution in [0.1, 0.15) is 6.42 Å². The van der Waals surface area contributed by atoms with Gasteiger partial charge < -0.3 is 21.3 Å². The molecule has 1 saturated heterocycles. The number of anilines is 4. The van der Waals surface area contributed by atoms with Gasteiger partial charge in [-0.15, -0.1) is 0 Å². The highest BCUT2D eigenvalue weighted by Gasteiger charge is 2.14. The molecule has 0 aliphatic carbocycles. The molecule has 1 unspecified atom stereocenters. The van der Waals surface area contributed by atoms with E-state index in [1.165, 1.54) is 6.08 Å². The molecule has 3 heterocycles. The number of amides is 1. The van der Waals surface area contributed by atoms with Crippen LogP contribution in [0.4, 0.5) is 23.1 Å². The molecule has 1 amide bonds. The second kappa shape index (κ2) is 9.68. The fourth-order valence-electron chi connectivity index (χ4n) is 3.98. The van der Waals surface area contributed by atoms with E-state index in [1.54, 1.807) is 12.4 Å². The van der Waals surface area contributed by atoms with Gasteiger partial charge in [0.15, 0.2) is 0 Å². The minimum Gasteiger partial charge on any atom is -0.366 e. The molecule has 0 saturated carbocycles. The lowest BCUT2D eigenvalue weighted by atomic mass is 10.0. The summed E-state index contributed by atoms with van der Waals surface area (Å²) in [5, 5.41) is 13.8. The van der Waals surface area contributed by atoms with E-state index < -0.39 is 0 Å². The van der Waals surface area contributed by atoms with Gasteiger partial charge in [-0.1, -0.05) is 36.9 Å². The fourth-order valence-corrected chi connectivity index (χ4v) is 3.98. The lowest BCUT2D eigenvalue weighted by Crippen LogP contribution is -2.22. The van der Waals surface area contributed by atoms with Gasteiger partial charge in [0.2, 0.25) is 11.9 Å². The zero-order valence-corrected chi connectivity index (χ0v) is 18.6.